The molecule has 0 heterocycles. The van der Waals surface area contributed by atoms with Crippen LogP contribution in [0.4, 0.5) is 11.4 Å². The molecule has 2 aromatic carbocycles. The molecule has 18 heavy (non-hydrogen) atoms. The van der Waals surface area contributed by atoms with E-state index in [2.05, 4.69) is 5.32 Å². The summed E-state index contributed by atoms with van der Waals surface area (Å²) in [5.41, 5.74) is 7.48. The maximum atomic E-state index is 11.3. The summed E-state index contributed by atoms with van der Waals surface area (Å²) in [5.74, 6) is -0.432. The fraction of sp³-hybridized carbons (Fsp3) is 0.0714. The van der Waals surface area contributed by atoms with Crippen molar-refractivity contribution >= 4 is 29.0 Å². The molecule has 0 aliphatic rings. The minimum absolute atomic E-state index is 0.432. The van der Waals surface area contributed by atoms with Crippen molar-refractivity contribution in [1.82, 2.24) is 0 Å². The highest BCUT2D eigenvalue weighted by Gasteiger charge is 2.06. The van der Waals surface area contributed by atoms with Gasteiger partial charge in [-0.2, -0.15) is 0 Å². The van der Waals surface area contributed by atoms with Crippen molar-refractivity contribution in [2.24, 2.45) is 5.73 Å². The van der Waals surface area contributed by atoms with Crippen molar-refractivity contribution in [3.05, 3.63) is 54.1 Å². The SMILES string of the molecule is CSc1ccc(Nc2ccccc2C(N)=O)cc1. The molecule has 4 heteroatoms. The van der Waals surface area contributed by atoms with Gasteiger partial charge >= 0.3 is 0 Å². The maximum absolute atomic E-state index is 11.3. The number of nitrogens with two attached hydrogens (primary N) is 1. The lowest BCUT2D eigenvalue weighted by molar-refractivity contribution is 0.100. The van der Waals surface area contributed by atoms with Crippen LogP contribution in [0.25, 0.3) is 0 Å². The van der Waals surface area contributed by atoms with Crippen LogP contribution in [0.1, 0.15) is 10.4 Å². The third-order valence-corrected chi connectivity index (χ3v) is 3.31. The highest BCUT2D eigenvalue weighted by molar-refractivity contribution is 7.98. The lowest BCUT2D eigenvalue weighted by atomic mass is 10.1. The van der Waals surface area contributed by atoms with Gasteiger partial charge in [-0.1, -0.05) is 12.1 Å². The number of carbonyl (C=O) groups is 1. The smallest absolute Gasteiger partial charge is 0.250 e. The number of thioether (sulfide) groups is 1. The van der Waals surface area contributed by atoms with E-state index in [1.807, 2.05) is 42.7 Å². The molecule has 3 nitrogen and oxygen atoms in total. The van der Waals surface area contributed by atoms with Gasteiger partial charge < -0.3 is 11.1 Å². The summed E-state index contributed by atoms with van der Waals surface area (Å²) in [6, 6.07) is 15.2. The molecular formula is C14H14N2OS. The van der Waals surface area contributed by atoms with E-state index in [9.17, 15) is 4.79 Å². The Labute approximate surface area is 110 Å². The van der Waals surface area contributed by atoms with E-state index in [-0.39, 0.29) is 0 Å². The minimum atomic E-state index is -0.432. The molecule has 0 fully saturated rings. The molecule has 2 rings (SSSR count). The number of amides is 1. The number of hydrogen-bond acceptors (Lipinski definition) is 3. The van der Waals surface area contributed by atoms with Crippen LogP contribution in [0.2, 0.25) is 0 Å². The molecule has 92 valence electrons. The van der Waals surface area contributed by atoms with Gasteiger partial charge in [0.25, 0.3) is 5.91 Å². The number of para-hydroxylation sites is 1. The first-order valence-corrected chi connectivity index (χ1v) is 6.73. The molecule has 0 unspecified atom stereocenters. The van der Waals surface area contributed by atoms with E-state index in [0.717, 1.165) is 11.4 Å². The summed E-state index contributed by atoms with van der Waals surface area (Å²) in [7, 11) is 0. The molecule has 0 atom stereocenters. The van der Waals surface area contributed by atoms with Gasteiger partial charge in [0.05, 0.1) is 11.3 Å². The molecule has 2 aromatic rings. The van der Waals surface area contributed by atoms with Crippen LogP contribution >= 0.6 is 11.8 Å². The first-order valence-electron chi connectivity index (χ1n) is 5.50. The average molecular weight is 258 g/mol. The molecule has 0 bridgehead atoms. The molecule has 0 saturated heterocycles. The van der Waals surface area contributed by atoms with Crippen molar-refractivity contribution in [1.29, 1.82) is 0 Å². The van der Waals surface area contributed by atoms with Crippen LogP contribution < -0.4 is 11.1 Å². The second-order valence-corrected chi connectivity index (χ2v) is 4.64. The van der Waals surface area contributed by atoms with Crippen LogP contribution in [0.5, 0.6) is 0 Å². The second-order valence-electron chi connectivity index (χ2n) is 3.76. The van der Waals surface area contributed by atoms with E-state index >= 15 is 0 Å². The lowest BCUT2D eigenvalue weighted by Gasteiger charge is -2.10. The molecule has 0 aliphatic heterocycles. The molecule has 0 spiro atoms. The van der Waals surface area contributed by atoms with Gasteiger partial charge in [-0.25, -0.2) is 0 Å². The van der Waals surface area contributed by atoms with Gasteiger partial charge in [-0.05, 0) is 42.7 Å². The molecule has 0 radical (unpaired) electrons. The first kappa shape index (κ1) is 12.5. The predicted molar refractivity (Wildman–Crippen MR) is 76.5 cm³/mol. The van der Waals surface area contributed by atoms with E-state index < -0.39 is 5.91 Å². The van der Waals surface area contributed by atoms with Crippen molar-refractivity contribution in [2.45, 2.75) is 4.90 Å². The Kier molecular flexibility index (Phi) is 3.89. The number of primary amides is 1. The van der Waals surface area contributed by atoms with Crippen LogP contribution in [0, 0.1) is 0 Å². The molecule has 0 aliphatic carbocycles. The zero-order valence-electron chi connectivity index (χ0n) is 10.0. The Morgan fingerprint density at radius 1 is 1.11 bits per heavy atom. The highest BCUT2D eigenvalue weighted by Crippen LogP contribution is 2.23. The van der Waals surface area contributed by atoms with Crippen molar-refractivity contribution in [3.63, 3.8) is 0 Å². The number of carbonyl (C=O) groups excluding carboxylic acids is 1. The van der Waals surface area contributed by atoms with Gasteiger partial charge in [0.1, 0.15) is 0 Å². The maximum Gasteiger partial charge on any atom is 0.250 e. The van der Waals surface area contributed by atoms with E-state index in [4.69, 9.17) is 5.73 Å². The molecule has 1 amide bonds. The van der Waals surface area contributed by atoms with Crippen LogP contribution in [0.15, 0.2) is 53.4 Å². The Hall–Kier alpha value is -1.94. The summed E-state index contributed by atoms with van der Waals surface area (Å²) >= 11 is 1.69. The average Bonchev–Trinajstić information content (AvgIpc) is 2.40. The van der Waals surface area contributed by atoms with Gasteiger partial charge in [-0.3, -0.25) is 4.79 Å². The number of rotatable bonds is 4. The van der Waals surface area contributed by atoms with Gasteiger partial charge in [0, 0.05) is 10.6 Å². The normalized spacial score (nSPS) is 10.1. The monoisotopic (exact) mass is 258 g/mol. The zero-order valence-corrected chi connectivity index (χ0v) is 10.8. The summed E-state index contributed by atoms with van der Waals surface area (Å²) in [5, 5.41) is 3.20. The molecule has 0 saturated carbocycles. The number of hydrogen-bond donors (Lipinski definition) is 2. The molecule has 0 aromatic heterocycles. The summed E-state index contributed by atoms with van der Waals surface area (Å²) in [6.07, 6.45) is 2.03. The van der Waals surface area contributed by atoms with Crippen molar-refractivity contribution in [3.8, 4) is 0 Å². The summed E-state index contributed by atoms with van der Waals surface area (Å²) < 4.78 is 0. The Balaban J connectivity index is 2.25. The number of anilines is 2. The molecule has 3 N–H and O–H groups in total. The second kappa shape index (κ2) is 5.60. The van der Waals surface area contributed by atoms with Crippen LogP contribution in [-0.4, -0.2) is 12.2 Å². The lowest BCUT2D eigenvalue weighted by Crippen LogP contribution is -2.13. The van der Waals surface area contributed by atoms with Gasteiger partial charge in [-0.15, -0.1) is 11.8 Å². The first-order chi connectivity index (χ1) is 8.70. The summed E-state index contributed by atoms with van der Waals surface area (Å²) in [6.45, 7) is 0. The number of nitrogens with one attached hydrogen (secondary N) is 1. The van der Waals surface area contributed by atoms with E-state index in [0.29, 0.717) is 5.56 Å². The topological polar surface area (TPSA) is 55.1 Å². The Bertz CT molecular complexity index is 552. The van der Waals surface area contributed by atoms with Crippen molar-refractivity contribution in [2.75, 3.05) is 11.6 Å². The largest absolute Gasteiger partial charge is 0.366 e. The van der Waals surface area contributed by atoms with Crippen molar-refractivity contribution < 1.29 is 4.79 Å². The standard InChI is InChI=1S/C14H14N2OS/c1-18-11-8-6-10(7-9-11)16-13-5-3-2-4-12(13)14(15)17/h2-9,16H,1H3,(H2,15,17). The predicted octanol–water partition coefficient (Wildman–Crippen LogP) is 3.25. The van der Waals surface area contributed by atoms with Gasteiger partial charge in [0.2, 0.25) is 0 Å². The van der Waals surface area contributed by atoms with Gasteiger partial charge in [0.15, 0.2) is 0 Å². The fourth-order valence-electron chi connectivity index (χ4n) is 1.64. The third kappa shape index (κ3) is 2.84. The third-order valence-electron chi connectivity index (χ3n) is 2.56. The van der Waals surface area contributed by atoms with E-state index in [1.165, 1.54) is 4.90 Å². The fourth-order valence-corrected chi connectivity index (χ4v) is 2.05. The number of benzene rings is 2. The minimum Gasteiger partial charge on any atom is -0.366 e. The van der Waals surface area contributed by atoms with Crippen LogP contribution in [0.3, 0.4) is 0 Å². The quantitative estimate of drug-likeness (QED) is 0.828. The molecular weight excluding hydrogens is 244 g/mol. The highest BCUT2D eigenvalue weighted by atomic mass is 32.2. The Morgan fingerprint density at radius 2 is 1.78 bits per heavy atom. The van der Waals surface area contributed by atoms with E-state index in [1.54, 1.807) is 23.9 Å². The Morgan fingerprint density at radius 3 is 2.39 bits per heavy atom. The zero-order chi connectivity index (χ0) is 13.0. The van der Waals surface area contributed by atoms with Crippen LogP contribution in [-0.2, 0) is 0 Å². The summed E-state index contributed by atoms with van der Waals surface area (Å²) in [4.78, 5) is 12.5.